The van der Waals surface area contributed by atoms with E-state index in [2.05, 4.69) is 0 Å². The Morgan fingerprint density at radius 3 is 2.50 bits per heavy atom. The van der Waals surface area contributed by atoms with Crippen molar-refractivity contribution in [2.24, 2.45) is 11.7 Å². The van der Waals surface area contributed by atoms with Gasteiger partial charge in [0.25, 0.3) is 0 Å². The first-order chi connectivity index (χ1) is 7.56. The number of nitriles is 1. The van der Waals surface area contributed by atoms with Crippen LogP contribution in [0.15, 0.2) is 11.3 Å². The quantitative estimate of drug-likeness (QED) is 0.428. The number of carbonyl (C=O) groups excluding carboxylic acids is 2. The van der Waals surface area contributed by atoms with Gasteiger partial charge in [0.1, 0.15) is 11.6 Å². The van der Waals surface area contributed by atoms with Crippen molar-refractivity contribution in [1.82, 2.24) is 0 Å². The summed E-state index contributed by atoms with van der Waals surface area (Å²) in [6.07, 6.45) is 2.67. The number of esters is 1. The van der Waals surface area contributed by atoms with Gasteiger partial charge in [-0.05, 0) is 19.8 Å². The van der Waals surface area contributed by atoms with Crippen molar-refractivity contribution in [3.63, 3.8) is 0 Å². The maximum Gasteiger partial charge on any atom is 0.309 e. The highest BCUT2D eigenvalue weighted by Gasteiger charge is 2.27. The minimum Gasteiger partial charge on any atom is -0.457 e. The van der Waals surface area contributed by atoms with Crippen LogP contribution in [0.5, 0.6) is 0 Å². The molecule has 86 valence electrons. The van der Waals surface area contributed by atoms with Crippen LogP contribution >= 0.6 is 0 Å². The summed E-state index contributed by atoms with van der Waals surface area (Å²) >= 11 is 0. The summed E-state index contributed by atoms with van der Waals surface area (Å²) < 4.78 is 4.81. The monoisotopic (exact) mass is 222 g/mol. The van der Waals surface area contributed by atoms with Gasteiger partial charge in [-0.25, -0.2) is 0 Å². The molecule has 1 aliphatic carbocycles. The minimum absolute atomic E-state index is 0.0683. The van der Waals surface area contributed by atoms with Crippen LogP contribution in [-0.2, 0) is 14.3 Å². The predicted molar refractivity (Wildman–Crippen MR) is 55.8 cm³/mol. The number of rotatable bonds is 4. The Morgan fingerprint density at radius 1 is 1.50 bits per heavy atom. The standard InChI is InChI=1S/C11H14N2O3/c1-7(13)9(5-12)10(14)6-16-11(15)8-3-2-4-8/h8H,2-4,6,13H2,1H3/b9-7+. The summed E-state index contributed by atoms with van der Waals surface area (Å²) in [5, 5.41) is 8.65. The summed E-state index contributed by atoms with van der Waals surface area (Å²) in [4.78, 5) is 22.7. The van der Waals surface area contributed by atoms with Gasteiger partial charge in [-0.15, -0.1) is 0 Å². The molecular formula is C11H14N2O3. The summed E-state index contributed by atoms with van der Waals surface area (Å²) in [6, 6.07) is 1.70. The maximum atomic E-state index is 11.4. The van der Waals surface area contributed by atoms with Crippen LogP contribution < -0.4 is 5.73 Å². The Labute approximate surface area is 93.9 Å². The van der Waals surface area contributed by atoms with Crippen molar-refractivity contribution >= 4 is 11.8 Å². The molecule has 1 fully saturated rings. The van der Waals surface area contributed by atoms with Gasteiger partial charge >= 0.3 is 5.97 Å². The van der Waals surface area contributed by atoms with Crippen LogP contribution in [0.4, 0.5) is 0 Å². The molecule has 0 aliphatic heterocycles. The first-order valence-corrected chi connectivity index (χ1v) is 5.12. The molecule has 1 aliphatic rings. The van der Waals surface area contributed by atoms with Crippen LogP contribution in [0.3, 0.4) is 0 Å². The van der Waals surface area contributed by atoms with Gasteiger partial charge in [-0.3, -0.25) is 9.59 Å². The summed E-state index contributed by atoms with van der Waals surface area (Å²) in [6.45, 7) is 1.07. The Bertz CT molecular complexity index is 371. The molecule has 0 saturated heterocycles. The third-order valence-corrected chi connectivity index (χ3v) is 2.57. The zero-order valence-corrected chi connectivity index (χ0v) is 9.16. The third kappa shape index (κ3) is 2.83. The molecule has 0 atom stereocenters. The van der Waals surface area contributed by atoms with Crippen LogP contribution in [0.2, 0.25) is 0 Å². The fourth-order valence-corrected chi connectivity index (χ4v) is 1.34. The number of nitrogens with zero attached hydrogens (tertiary/aromatic N) is 1. The second-order valence-electron chi connectivity index (χ2n) is 3.83. The number of ketones is 1. The maximum absolute atomic E-state index is 11.4. The lowest BCUT2D eigenvalue weighted by Gasteiger charge is -2.22. The van der Waals surface area contributed by atoms with Crippen LogP contribution in [0.1, 0.15) is 26.2 Å². The van der Waals surface area contributed by atoms with Crippen molar-refractivity contribution in [1.29, 1.82) is 5.26 Å². The highest BCUT2D eigenvalue weighted by molar-refractivity contribution is 6.01. The largest absolute Gasteiger partial charge is 0.457 e. The lowest BCUT2D eigenvalue weighted by molar-refractivity contribution is -0.153. The Balaban J connectivity index is 2.43. The second-order valence-corrected chi connectivity index (χ2v) is 3.83. The van der Waals surface area contributed by atoms with E-state index in [0.717, 1.165) is 19.3 Å². The molecule has 2 N–H and O–H groups in total. The molecule has 0 amide bonds. The molecule has 0 aromatic heterocycles. The van der Waals surface area contributed by atoms with Crippen LogP contribution in [-0.4, -0.2) is 18.4 Å². The molecule has 0 unspecified atom stereocenters. The summed E-state index contributed by atoms with van der Waals surface area (Å²) in [7, 11) is 0. The number of Topliss-reactive ketones (excluding diaryl/α,β-unsaturated/α-hetero) is 1. The first kappa shape index (κ1) is 12.2. The number of hydrogen-bond acceptors (Lipinski definition) is 5. The summed E-state index contributed by atoms with van der Waals surface area (Å²) in [5.74, 6) is -0.969. The van der Waals surface area contributed by atoms with Crippen molar-refractivity contribution in [2.45, 2.75) is 26.2 Å². The highest BCUT2D eigenvalue weighted by atomic mass is 16.5. The Hall–Kier alpha value is -1.83. The molecule has 0 spiro atoms. The molecule has 0 bridgehead atoms. The van der Waals surface area contributed by atoms with E-state index >= 15 is 0 Å². The average Bonchev–Trinajstić information content (AvgIpc) is 2.12. The van der Waals surface area contributed by atoms with E-state index in [1.165, 1.54) is 6.92 Å². The molecule has 1 rings (SSSR count). The predicted octanol–water partition coefficient (Wildman–Crippen LogP) is 0.655. The fraction of sp³-hybridized carbons (Fsp3) is 0.545. The van der Waals surface area contributed by atoms with Gasteiger partial charge in [0.2, 0.25) is 5.78 Å². The van der Waals surface area contributed by atoms with E-state index in [-0.39, 0.29) is 23.2 Å². The van der Waals surface area contributed by atoms with Crippen LogP contribution in [0.25, 0.3) is 0 Å². The first-order valence-electron chi connectivity index (χ1n) is 5.12. The SMILES string of the molecule is C/C(N)=C(/C#N)C(=O)COC(=O)C1CCC1. The summed E-state index contributed by atoms with van der Waals surface area (Å²) in [5.41, 5.74) is 5.36. The van der Waals surface area contributed by atoms with Gasteiger partial charge in [0.15, 0.2) is 6.61 Å². The molecular weight excluding hydrogens is 208 g/mol. The van der Waals surface area contributed by atoms with E-state index in [1.54, 1.807) is 6.07 Å². The van der Waals surface area contributed by atoms with Gasteiger partial charge in [0, 0.05) is 5.70 Å². The zero-order valence-electron chi connectivity index (χ0n) is 9.16. The van der Waals surface area contributed by atoms with Crippen molar-refractivity contribution in [3.8, 4) is 6.07 Å². The highest BCUT2D eigenvalue weighted by Crippen LogP contribution is 2.27. The van der Waals surface area contributed by atoms with E-state index in [0.29, 0.717) is 0 Å². The number of hydrogen-bond donors (Lipinski definition) is 1. The van der Waals surface area contributed by atoms with Gasteiger partial charge in [-0.2, -0.15) is 5.26 Å². The van der Waals surface area contributed by atoms with E-state index in [4.69, 9.17) is 15.7 Å². The Kier molecular flexibility index (Phi) is 4.06. The zero-order chi connectivity index (χ0) is 12.1. The molecule has 16 heavy (non-hydrogen) atoms. The fourth-order valence-electron chi connectivity index (χ4n) is 1.34. The number of carbonyl (C=O) groups is 2. The normalized spacial score (nSPS) is 16.8. The molecule has 1 saturated carbocycles. The number of allylic oxidation sites excluding steroid dienone is 1. The van der Waals surface area contributed by atoms with E-state index in [9.17, 15) is 9.59 Å². The van der Waals surface area contributed by atoms with Gasteiger partial charge in [-0.1, -0.05) is 6.42 Å². The van der Waals surface area contributed by atoms with Crippen molar-refractivity contribution in [2.75, 3.05) is 6.61 Å². The van der Waals surface area contributed by atoms with Crippen molar-refractivity contribution in [3.05, 3.63) is 11.3 Å². The molecule has 5 heteroatoms. The third-order valence-electron chi connectivity index (χ3n) is 2.57. The van der Waals surface area contributed by atoms with E-state index in [1.807, 2.05) is 0 Å². The second kappa shape index (κ2) is 5.31. The lowest BCUT2D eigenvalue weighted by Crippen LogP contribution is -2.26. The molecule has 5 nitrogen and oxygen atoms in total. The van der Waals surface area contributed by atoms with Crippen LogP contribution in [0, 0.1) is 17.2 Å². The molecule has 0 heterocycles. The van der Waals surface area contributed by atoms with E-state index < -0.39 is 12.4 Å². The average molecular weight is 222 g/mol. The Morgan fingerprint density at radius 2 is 2.12 bits per heavy atom. The lowest BCUT2D eigenvalue weighted by atomic mass is 9.86. The number of ether oxygens (including phenoxy) is 1. The minimum atomic E-state index is -0.546. The topological polar surface area (TPSA) is 93.2 Å². The molecule has 0 radical (unpaired) electrons. The smallest absolute Gasteiger partial charge is 0.309 e. The number of nitrogens with two attached hydrogens (primary N) is 1. The van der Waals surface area contributed by atoms with Crippen molar-refractivity contribution < 1.29 is 14.3 Å². The molecule has 0 aromatic carbocycles. The van der Waals surface area contributed by atoms with Gasteiger partial charge in [0.05, 0.1) is 5.92 Å². The molecule has 0 aromatic rings. The van der Waals surface area contributed by atoms with Gasteiger partial charge < -0.3 is 10.5 Å².